The maximum Gasteiger partial charge on any atom is 0.292 e. The third-order valence-electron chi connectivity index (χ3n) is 5.05. The number of hydrogen-bond donors (Lipinski definition) is 1. The standard InChI is InChI=1S/C25H22N4O4/c1-32-21-13-12-18(14-22(21)33-2)15-26-27-24(30)23-19-10-6-7-11-20(19)25(31)29(28-23)16-17-8-4-3-5-9-17/h3-15H,16H2,1-2H3,(H,27,30)/b26-15-. The van der Waals surface area contributed by atoms with Gasteiger partial charge in [-0.25, -0.2) is 10.1 Å². The zero-order valence-electron chi connectivity index (χ0n) is 18.2. The summed E-state index contributed by atoms with van der Waals surface area (Å²) in [5, 5.41) is 9.27. The summed E-state index contributed by atoms with van der Waals surface area (Å²) in [6.07, 6.45) is 1.49. The number of hydrazone groups is 1. The fraction of sp³-hybridized carbons (Fsp3) is 0.120. The number of ether oxygens (including phenoxy) is 2. The molecule has 166 valence electrons. The van der Waals surface area contributed by atoms with E-state index in [2.05, 4.69) is 15.6 Å². The van der Waals surface area contributed by atoms with Crippen LogP contribution in [0.2, 0.25) is 0 Å². The molecule has 0 aliphatic rings. The van der Waals surface area contributed by atoms with Crippen molar-refractivity contribution in [2.75, 3.05) is 14.2 Å². The van der Waals surface area contributed by atoms with E-state index < -0.39 is 5.91 Å². The molecule has 0 saturated carbocycles. The van der Waals surface area contributed by atoms with Crippen LogP contribution in [-0.2, 0) is 6.54 Å². The number of nitrogens with zero attached hydrogens (tertiary/aromatic N) is 3. The molecule has 0 bridgehead atoms. The van der Waals surface area contributed by atoms with Gasteiger partial charge in [0.15, 0.2) is 17.2 Å². The van der Waals surface area contributed by atoms with Crippen LogP contribution in [-0.4, -0.2) is 36.1 Å². The van der Waals surface area contributed by atoms with E-state index >= 15 is 0 Å². The Kier molecular flexibility index (Phi) is 6.45. The van der Waals surface area contributed by atoms with Gasteiger partial charge in [-0.3, -0.25) is 9.59 Å². The van der Waals surface area contributed by atoms with Gasteiger partial charge in [0.05, 0.1) is 32.4 Å². The van der Waals surface area contributed by atoms with E-state index in [0.29, 0.717) is 27.8 Å². The van der Waals surface area contributed by atoms with Crippen molar-refractivity contribution >= 4 is 22.9 Å². The van der Waals surface area contributed by atoms with E-state index in [1.807, 2.05) is 30.3 Å². The topological polar surface area (TPSA) is 94.8 Å². The SMILES string of the molecule is COc1ccc(/C=N\NC(=O)c2nn(Cc3ccccc3)c(=O)c3ccccc23)cc1OC. The van der Waals surface area contributed by atoms with Crippen molar-refractivity contribution in [1.82, 2.24) is 15.2 Å². The molecule has 0 radical (unpaired) electrons. The van der Waals surface area contributed by atoms with Crippen molar-refractivity contribution < 1.29 is 14.3 Å². The Hall–Kier alpha value is -4.46. The molecule has 0 spiro atoms. The van der Waals surface area contributed by atoms with Gasteiger partial charge >= 0.3 is 0 Å². The Morgan fingerprint density at radius 3 is 2.39 bits per heavy atom. The number of benzene rings is 3. The lowest BCUT2D eigenvalue weighted by molar-refractivity contribution is 0.0949. The number of methoxy groups -OCH3 is 2. The van der Waals surface area contributed by atoms with Gasteiger partial charge < -0.3 is 9.47 Å². The van der Waals surface area contributed by atoms with Gasteiger partial charge in [-0.2, -0.15) is 10.2 Å². The lowest BCUT2D eigenvalue weighted by Crippen LogP contribution is -2.29. The molecule has 0 unspecified atom stereocenters. The summed E-state index contributed by atoms with van der Waals surface area (Å²) in [6.45, 7) is 0.250. The molecular formula is C25H22N4O4. The third kappa shape index (κ3) is 4.74. The highest BCUT2D eigenvalue weighted by atomic mass is 16.5. The molecular weight excluding hydrogens is 420 g/mol. The Labute approximate surface area is 190 Å². The highest BCUT2D eigenvalue weighted by molar-refractivity contribution is 6.05. The molecule has 1 aromatic heterocycles. The van der Waals surface area contributed by atoms with E-state index in [1.54, 1.807) is 56.7 Å². The van der Waals surface area contributed by atoms with Crippen molar-refractivity contribution in [1.29, 1.82) is 0 Å². The predicted octanol–water partition coefficient (Wildman–Crippen LogP) is 3.23. The molecule has 0 atom stereocenters. The van der Waals surface area contributed by atoms with Crippen molar-refractivity contribution in [2.45, 2.75) is 6.54 Å². The number of hydrogen-bond acceptors (Lipinski definition) is 6. The monoisotopic (exact) mass is 442 g/mol. The zero-order valence-corrected chi connectivity index (χ0v) is 18.2. The average molecular weight is 442 g/mol. The van der Waals surface area contributed by atoms with E-state index in [0.717, 1.165) is 5.56 Å². The minimum absolute atomic E-state index is 0.116. The van der Waals surface area contributed by atoms with Crippen molar-refractivity contribution in [2.24, 2.45) is 5.10 Å². The van der Waals surface area contributed by atoms with Crippen LogP contribution < -0.4 is 20.5 Å². The number of fused-ring (bicyclic) bond motifs is 1. The van der Waals surface area contributed by atoms with Gasteiger partial charge in [-0.05, 0) is 35.4 Å². The van der Waals surface area contributed by atoms with Crippen LogP contribution in [0.4, 0.5) is 0 Å². The van der Waals surface area contributed by atoms with Crippen LogP contribution >= 0.6 is 0 Å². The van der Waals surface area contributed by atoms with Crippen molar-refractivity contribution in [3.8, 4) is 11.5 Å². The lowest BCUT2D eigenvalue weighted by atomic mass is 10.1. The summed E-state index contributed by atoms with van der Waals surface area (Å²) >= 11 is 0. The molecule has 33 heavy (non-hydrogen) atoms. The predicted molar refractivity (Wildman–Crippen MR) is 126 cm³/mol. The first-order valence-corrected chi connectivity index (χ1v) is 10.2. The number of carbonyl (C=O) groups is 1. The van der Waals surface area contributed by atoms with Crippen LogP contribution in [0.25, 0.3) is 10.8 Å². The Morgan fingerprint density at radius 2 is 1.67 bits per heavy atom. The second kappa shape index (κ2) is 9.78. The minimum Gasteiger partial charge on any atom is -0.493 e. The van der Waals surface area contributed by atoms with Crippen molar-refractivity contribution in [3.63, 3.8) is 0 Å². The van der Waals surface area contributed by atoms with E-state index in [-0.39, 0.29) is 17.8 Å². The summed E-state index contributed by atoms with van der Waals surface area (Å²) in [7, 11) is 3.10. The molecule has 8 heteroatoms. The Bertz CT molecular complexity index is 1380. The lowest BCUT2D eigenvalue weighted by Gasteiger charge is -2.10. The van der Waals surface area contributed by atoms with Crippen molar-refractivity contribution in [3.05, 3.63) is 100.0 Å². The highest BCUT2D eigenvalue weighted by Crippen LogP contribution is 2.26. The molecule has 1 amide bonds. The van der Waals surface area contributed by atoms with Gasteiger partial charge in [-0.15, -0.1) is 0 Å². The zero-order chi connectivity index (χ0) is 23.2. The molecule has 1 N–H and O–H groups in total. The first-order valence-electron chi connectivity index (χ1n) is 10.2. The number of amides is 1. The second-order valence-electron chi connectivity index (χ2n) is 7.16. The first kappa shape index (κ1) is 21.8. The first-order chi connectivity index (χ1) is 16.1. The van der Waals surface area contributed by atoms with Crippen LogP contribution in [0.3, 0.4) is 0 Å². The summed E-state index contributed by atoms with van der Waals surface area (Å²) in [6, 6.07) is 21.6. The van der Waals surface area contributed by atoms with E-state index in [9.17, 15) is 9.59 Å². The fourth-order valence-corrected chi connectivity index (χ4v) is 3.42. The summed E-state index contributed by atoms with van der Waals surface area (Å²) in [5.74, 6) is 0.619. The van der Waals surface area contributed by atoms with Crippen LogP contribution in [0, 0.1) is 0 Å². The quantitative estimate of drug-likeness (QED) is 0.350. The van der Waals surface area contributed by atoms with Gasteiger partial charge in [0.2, 0.25) is 0 Å². The van der Waals surface area contributed by atoms with Gasteiger partial charge in [0, 0.05) is 5.39 Å². The Morgan fingerprint density at radius 1 is 0.970 bits per heavy atom. The van der Waals surface area contributed by atoms with E-state index in [1.165, 1.54) is 10.9 Å². The molecule has 4 aromatic rings. The maximum atomic E-state index is 12.9. The molecule has 3 aromatic carbocycles. The molecule has 0 fully saturated rings. The number of rotatable bonds is 7. The molecule has 8 nitrogen and oxygen atoms in total. The van der Waals surface area contributed by atoms with Gasteiger partial charge in [-0.1, -0.05) is 48.5 Å². The molecule has 1 heterocycles. The summed E-state index contributed by atoms with van der Waals surface area (Å²) in [5.41, 5.74) is 3.96. The molecule has 0 aliphatic heterocycles. The van der Waals surface area contributed by atoms with Crippen LogP contribution in [0.1, 0.15) is 21.6 Å². The van der Waals surface area contributed by atoms with E-state index in [4.69, 9.17) is 9.47 Å². The van der Waals surface area contributed by atoms with Crippen LogP contribution in [0.5, 0.6) is 11.5 Å². The third-order valence-corrected chi connectivity index (χ3v) is 5.05. The smallest absolute Gasteiger partial charge is 0.292 e. The normalized spacial score (nSPS) is 11.0. The van der Waals surface area contributed by atoms with Gasteiger partial charge in [0.1, 0.15) is 0 Å². The maximum absolute atomic E-state index is 12.9. The fourth-order valence-electron chi connectivity index (χ4n) is 3.42. The van der Waals surface area contributed by atoms with Crippen LogP contribution in [0.15, 0.2) is 82.7 Å². The molecule has 0 saturated heterocycles. The second-order valence-corrected chi connectivity index (χ2v) is 7.16. The number of nitrogens with one attached hydrogen (secondary N) is 1. The summed E-state index contributed by atoms with van der Waals surface area (Å²) < 4.78 is 11.8. The summed E-state index contributed by atoms with van der Waals surface area (Å²) in [4.78, 5) is 25.9. The van der Waals surface area contributed by atoms with Gasteiger partial charge in [0.25, 0.3) is 11.5 Å². The highest BCUT2D eigenvalue weighted by Gasteiger charge is 2.16. The Balaban J connectivity index is 1.63. The molecule has 4 rings (SSSR count). The number of aromatic nitrogens is 2. The average Bonchev–Trinajstić information content (AvgIpc) is 2.86. The largest absolute Gasteiger partial charge is 0.493 e. The number of carbonyl (C=O) groups excluding carboxylic acids is 1. The molecule has 0 aliphatic carbocycles. The minimum atomic E-state index is -0.523.